The molecule has 4 rings (SSSR count). The molecule has 0 radical (unpaired) electrons. The first-order valence-corrected chi connectivity index (χ1v) is 14.2. The van der Waals surface area contributed by atoms with Gasteiger partial charge in [-0.15, -0.1) is 0 Å². The molecule has 7 heteroatoms. The molecule has 38 heavy (non-hydrogen) atoms. The lowest BCUT2D eigenvalue weighted by Gasteiger charge is -2.38. The zero-order valence-corrected chi connectivity index (χ0v) is 22.5. The first kappa shape index (κ1) is 28.6. The van der Waals surface area contributed by atoms with Crippen LogP contribution in [0.2, 0.25) is 0 Å². The zero-order chi connectivity index (χ0) is 27.1. The van der Waals surface area contributed by atoms with Crippen molar-refractivity contribution >= 4 is 0 Å². The number of rotatable bonds is 11. The molecular formula is C31H40F4O3. The molecule has 2 aromatic rings. The fraction of sp³-hybridized carbons (Fsp3) is 0.613. The highest BCUT2D eigenvalue weighted by molar-refractivity contribution is 5.35. The molecule has 2 aromatic carbocycles. The van der Waals surface area contributed by atoms with E-state index in [9.17, 15) is 17.6 Å². The maximum atomic E-state index is 14.3. The monoisotopic (exact) mass is 536 g/mol. The normalized spacial score (nSPS) is 24.2. The van der Waals surface area contributed by atoms with Gasteiger partial charge in [-0.25, -0.2) is 0 Å². The molecule has 2 aliphatic carbocycles. The minimum Gasteiger partial charge on any atom is -0.491 e. The molecule has 0 unspecified atom stereocenters. The standard InChI is InChI=1S/C31H40F4O3/c1-3-5-21-6-8-22(9-7-21)23-10-12-24(13-11-23)25-14-16-26(17-15-25)37-20-31(34,35)38-28-19-18-27(36-4-2)29(32)30(28)33/h14-19,21-24H,3-13,20H2,1-2H3. The minimum absolute atomic E-state index is 0.112. The topological polar surface area (TPSA) is 27.7 Å². The van der Waals surface area contributed by atoms with Gasteiger partial charge in [0.25, 0.3) is 0 Å². The van der Waals surface area contributed by atoms with Crippen molar-refractivity contribution in [2.75, 3.05) is 13.2 Å². The SMILES string of the molecule is CCCC1CCC(C2CCC(c3ccc(OCC(F)(F)Oc4ccc(OCC)c(F)c4F)cc3)CC2)CC1. The summed E-state index contributed by atoms with van der Waals surface area (Å²) < 4.78 is 71.3. The second-order valence-electron chi connectivity index (χ2n) is 10.9. The van der Waals surface area contributed by atoms with E-state index in [-0.39, 0.29) is 18.1 Å². The van der Waals surface area contributed by atoms with Crippen LogP contribution in [-0.4, -0.2) is 19.3 Å². The molecule has 2 saturated carbocycles. The molecule has 0 bridgehead atoms. The Morgan fingerprint density at radius 2 is 1.32 bits per heavy atom. The van der Waals surface area contributed by atoms with Crippen LogP contribution in [-0.2, 0) is 0 Å². The summed E-state index contributed by atoms with van der Waals surface area (Å²) >= 11 is 0. The third kappa shape index (κ3) is 7.35. The van der Waals surface area contributed by atoms with Crippen LogP contribution in [0.25, 0.3) is 0 Å². The Morgan fingerprint density at radius 1 is 0.737 bits per heavy atom. The lowest BCUT2D eigenvalue weighted by molar-refractivity contribution is -0.196. The van der Waals surface area contributed by atoms with Crippen LogP contribution in [0.5, 0.6) is 17.2 Å². The van der Waals surface area contributed by atoms with Gasteiger partial charge >= 0.3 is 6.11 Å². The second kappa shape index (κ2) is 13.1. The van der Waals surface area contributed by atoms with E-state index in [4.69, 9.17) is 9.47 Å². The predicted octanol–water partition coefficient (Wildman–Crippen LogP) is 9.29. The van der Waals surface area contributed by atoms with Crippen LogP contribution in [0.15, 0.2) is 36.4 Å². The highest BCUT2D eigenvalue weighted by atomic mass is 19.3. The smallest absolute Gasteiger partial charge is 0.433 e. The molecule has 0 amide bonds. The lowest BCUT2D eigenvalue weighted by Crippen LogP contribution is -2.33. The van der Waals surface area contributed by atoms with Crippen molar-refractivity contribution in [3.8, 4) is 17.2 Å². The largest absolute Gasteiger partial charge is 0.491 e. The van der Waals surface area contributed by atoms with E-state index < -0.39 is 30.1 Å². The Hall–Kier alpha value is -2.44. The molecule has 0 saturated heterocycles. The van der Waals surface area contributed by atoms with Gasteiger partial charge in [0.15, 0.2) is 18.1 Å². The Labute approximate surface area is 223 Å². The molecule has 0 aliphatic heterocycles. The molecule has 2 aliphatic rings. The van der Waals surface area contributed by atoms with Crippen molar-refractivity contribution in [1.82, 2.24) is 0 Å². The van der Waals surface area contributed by atoms with Crippen LogP contribution in [0, 0.1) is 29.4 Å². The highest BCUT2D eigenvalue weighted by Gasteiger charge is 2.35. The summed E-state index contributed by atoms with van der Waals surface area (Å²) in [7, 11) is 0. The average Bonchev–Trinajstić information content (AvgIpc) is 2.93. The average molecular weight is 537 g/mol. The van der Waals surface area contributed by atoms with Crippen molar-refractivity contribution in [2.24, 2.45) is 17.8 Å². The van der Waals surface area contributed by atoms with Crippen LogP contribution in [0.4, 0.5) is 17.6 Å². The van der Waals surface area contributed by atoms with Crippen molar-refractivity contribution in [1.29, 1.82) is 0 Å². The quantitative estimate of drug-likeness (QED) is 0.268. The number of hydrogen-bond donors (Lipinski definition) is 0. The number of alkyl halides is 2. The van der Waals surface area contributed by atoms with Gasteiger partial charge in [-0.05, 0) is 98.9 Å². The van der Waals surface area contributed by atoms with Gasteiger partial charge in [-0.3, -0.25) is 0 Å². The van der Waals surface area contributed by atoms with Crippen LogP contribution in [0.1, 0.15) is 89.5 Å². The summed E-state index contributed by atoms with van der Waals surface area (Å²) in [5.41, 5.74) is 1.21. The fourth-order valence-electron chi connectivity index (χ4n) is 6.33. The first-order chi connectivity index (χ1) is 18.3. The summed E-state index contributed by atoms with van der Waals surface area (Å²) in [6.45, 7) is 2.86. The van der Waals surface area contributed by atoms with Crippen molar-refractivity contribution in [3.63, 3.8) is 0 Å². The van der Waals surface area contributed by atoms with E-state index in [1.807, 2.05) is 12.1 Å². The Bertz CT molecular complexity index is 1010. The summed E-state index contributed by atoms with van der Waals surface area (Å²) in [5.74, 6) is -0.741. The van der Waals surface area contributed by atoms with E-state index in [0.717, 1.165) is 42.7 Å². The van der Waals surface area contributed by atoms with Crippen molar-refractivity contribution in [3.05, 3.63) is 53.6 Å². The molecule has 0 atom stereocenters. The van der Waals surface area contributed by atoms with Crippen LogP contribution >= 0.6 is 0 Å². The second-order valence-corrected chi connectivity index (χ2v) is 10.9. The predicted molar refractivity (Wildman–Crippen MR) is 140 cm³/mol. The number of ether oxygens (including phenoxy) is 3. The third-order valence-electron chi connectivity index (χ3n) is 8.36. The van der Waals surface area contributed by atoms with Gasteiger partial charge in [0.2, 0.25) is 11.6 Å². The lowest BCUT2D eigenvalue weighted by atomic mass is 9.68. The molecule has 2 fully saturated rings. The van der Waals surface area contributed by atoms with Gasteiger partial charge in [-0.1, -0.05) is 44.7 Å². The maximum absolute atomic E-state index is 14.3. The Morgan fingerprint density at radius 3 is 1.92 bits per heavy atom. The van der Waals surface area contributed by atoms with Crippen molar-refractivity contribution < 1.29 is 31.8 Å². The van der Waals surface area contributed by atoms with Gasteiger partial charge < -0.3 is 14.2 Å². The zero-order valence-electron chi connectivity index (χ0n) is 22.5. The van der Waals surface area contributed by atoms with Gasteiger partial charge in [0, 0.05) is 0 Å². The van der Waals surface area contributed by atoms with Crippen LogP contribution in [0.3, 0.4) is 0 Å². The molecule has 0 aromatic heterocycles. The van der Waals surface area contributed by atoms with Crippen molar-refractivity contribution in [2.45, 2.75) is 90.1 Å². The van der Waals surface area contributed by atoms with E-state index in [2.05, 4.69) is 11.7 Å². The van der Waals surface area contributed by atoms with Gasteiger partial charge in [0.05, 0.1) is 6.61 Å². The molecule has 3 nitrogen and oxygen atoms in total. The third-order valence-corrected chi connectivity index (χ3v) is 8.36. The van der Waals surface area contributed by atoms with E-state index >= 15 is 0 Å². The highest BCUT2D eigenvalue weighted by Crippen LogP contribution is 2.44. The summed E-state index contributed by atoms with van der Waals surface area (Å²) in [6, 6.07) is 9.22. The number of benzene rings is 2. The summed E-state index contributed by atoms with van der Waals surface area (Å²) in [5, 5.41) is 0. The maximum Gasteiger partial charge on any atom is 0.433 e. The number of hydrogen-bond acceptors (Lipinski definition) is 3. The van der Waals surface area contributed by atoms with E-state index in [1.54, 1.807) is 19.1 Å². The molecule has 0 spiro atoms. The Balaban J connectivity index is 1.24. The van der Waals surface area contributed by atoms with Gasteiger partial charge in [-0.2, -0.15) is 17.6 Å². The molecule has 210 valence electrons. The minimum atomic E-state index is -3.85. The summed E-state index contributed by atoms with van der Waals surface area (Å²) in [4.78, 5) is 0. The van der Waals surface area contributed by atoms with E-state index in [1.165, 1.54) is 56.9 Å². The summed E-state index contributed by atoms with van der Waals surface area (Å²) in [6.07, 6.45) is 9.25. The van der Waals surface area contributed by atoms with Crippen LogP contribution < -0.4 is 14.2 Å². The molecule has 0 heterocycles. The molecule has 0 N–H and O–H groups in total. The fourth-order valence-corrected chi connectivity index (χ4v) is 6.33. The van der Waals surface area contributed by atoms with E-state index in [0.29, 0.717) is 5.92 Å². The molecular weight excluding hydrogens is 496 g/mol. The number of halogens is 4. The first-order valence-electron chi connectivity index (χ1n) is 14.2. The van der Waals surface area contributed by atoms with Gasteiger partial charge in [0.1, 0.15) is 5.75 Å². The Kier molecular flexibility index (Phi) is 9.83.